The lowest BCUT2D eigenvalue weighted by Crippen LogP contribution is -2.52. The van der Waals surface area contributed by atoms with E-state index in [2.05, 4.69) is 29.2 Å². The van der Waals surface area contributed by atoms with Crippen molar-refractivity contribution in [3.63, 3.8) is 0 Å². The van der Waals surface area contributed by atoms with E-state index in [1.54, 1.807) is 0 Å². The van der Waals surface area contributed by atoms with Gasteiger partial charge in [0.05, 0.1) is 0 Å². The van der Waals surface area contributed by atoms with Gasteiger partial charge in [-0.05, 0) is 64.8 Å². The average Bonchev–Trinajstić information content (AvgIpc) is 2.60. The third-order valence-corrected chi connectivity index (χ3v) is 5.14. The van der Waals surface area contributed by atoms with Crippen molar-refractivity contribution in [2.24, 2.45) is 0 Å². The molecule has 1 N–H and O–H groups in total. The number of hydrogen-bond acceptors (Lipinski definition) is 3. The molecule has 1 aliphatic heterocycles. The second-order valence-corrected chi connectivity index (χ2v) is 6.78. The number of nitrogens with one attached hydrogen (secondary N) is 1. The predicted octanol–water partition coefficient (Wildman–Crippen LogP) is 2.76. The number of likely N-dealkylation sites (N-methyl/N-ethyl adjacent to an activating group) is 3. The Bertz CT molecular complexity index is 447. The zero-order valence-electron chi connectivity index (χ0n) is 13.1. The van der Waals surface area contributed by atoms with Gasteiger partial charge in [0, 0.05) is 28.7 Å². The summed E-state index contributed by atoms with van der Waals surface area (Å²) in [5.41, 5.74) is 1.04. The second kappa shape index (κ2) is 7.80. The summed E-state index contributed by atoms with van der Waals surface area (Å²) in [5, 5.41) is 4.98. The van der Waals surface area contributed by atoms with Gasteiger partial charge in [-0.15, -0.1) is 0 Å². The standard InChI is InChI=1S/C16H25Cl2N3/c1-19-15(10-12-13(17)6-4-7-14(12)18)16-11-20(2)8-5-9-21(16)3/h4,6-7,15-16,19H,5,8-11H2,1-3H3. The highest BCUT2D eigenvalue weighted by molar-refractivity contribution is 6.36. The molecule has 5 heteroatoms. The molecule has 1 saturated heterocycles. The minimum absolute atomic E-state index is 0.327. The SMILES string of the molecule is CNC(Cc1c(Cl)cccc1Cl)C1CN(C)CCCN1C. The second-order valence-electron chi connectivity index (χ2n) is 5.96. The van der Waals surface area contributed by atoms with E-state index in [4.69, 9.17) is 23.2 Å². The van der Waals surface area contributed by atoms with Gasteiger partial charge in [-0.3, -0.25) is 0 Å². The summed E-state index contributed by atoms with van der Waals surface area (Å²) in [6.45, 7) is 3.34. The van der Waals surface area contributed by atoms with Crippen LogP contribution in [0.15, 0.2) is 18.2 Å². The van der Waals surface area contributed by atoms with Gasteiger partial charge in [-0.1, -0.05) is 29.3 Å². The lowest BCUT2D eigenvalue weighted by Gasteiger charge is -2.34. The molecule has 0 aliphatic carbocycles. The van der Waals surface area contributed by atoms with E-state index in [0.29, 0.717) is 12.1 Å². The molecule has 0 aromatic heterocycles. The zero-order chi connectivity index (χ0) is 15.4. The van der Waals surface area contributed by atoms with E-state index in [9.17, 15) is 0 Å². The zero-order valence-corrected chi connectivity index (χ0v) is 14.6. The van der Waals surface area contributed by atoms with Gasteiger partial charge in [-0.2, -0.15) is 0 Å². The summed E-state index contributed by atoms with van der Waals surface area (Å²) >= 11 is 12.7. The lowest BCUT2D eigenvalue weighted by molar-refractivity contribution is 0.181. The van der Waals surface area contributed by atoms with Gasteiger partial charge in [-0.25, -0.2) is 0 Å². The summed E-state index contributed by atoms with van der Waals surface area (Å²) in [7, 11) is 6.43. The van der Waals surface area contributed by atoms with Gasteiger partial charge in [0.1, 0.15) is 0 Å². The van der Waals surface area contributed by atoms with Crippen LogP contribution < -0.4 is 5.32 Å². The summed E-state index contributed by atoms with van der Waals surface area (Å²) < 4.78 is 0. The molecule has 1 aliphatic rings. The summed E-state index contributed by atoms with van der Waals surface area (Å²) in [6.07, 6.45) is 2.06. The van der Waals surface area contributed by atoms with Gasteiger partial charge in [0.25, 0.3) is 0 Å². The maximum absolute atomic E-state index is 6.33. The minimum atomic E-state index is 0.327. The van der Waals surface area contributed by atoms with E-state index in [1.807, 2.05) is 25.2 Å². The Balaban J connectivity index is 2.18. The molecule has 1 aromatic rings. The molecule has 2 rings (SSSR count). The highest BCUT2D eigenvalue weighted by Crippen LogP contribution is 2.27. The van der Waals surface area contributed by atoms with Gasteiger partial charge >= 0.3 is 0 Å². The smallest absolute Gasteiger partial charge is 0.0453 e. The van der Waals surface area contributed by atoms with Crippen LogP contribution >= 0.6 is 23.2 Å². The predicted molar refractivity (Wildman–Crippen MR) is 91.5 cm³/mol. The first-order valence-electron chi connectivity index (χ1n) is 7.52. The van der Waals surface area contributed by atoms with Crippen LogP contribution in [0.3, 0.4) is 0 Å². The maximum Gasteiger partial charge on any atom is 0.0453 e. The van der Waals surface area contributed by atoms with Crippen LogP contribution in [0.2, 0.25) is 10.0 Å². The average molecular weight is 330 g/mol. The third kappa shape index (κ3) is 4.33. The molecular formula is C16H25Cl2N3. The van der Waals surface area contributed by atoms with E-state index >= 15 is 0 Å². The number of hydrogen-bond donors (Lipinski definition) is 1. The molecular weight excluding hydrogens is 305 g/mol. The molecule has 1 heterocycles. The fraction of sp³-hybridized carbons (Fsp3) is 0.625. The Labute approximate surface area is 138 Å². The van der Waals surface area contributed by atoms with E-state index in [1.165, 1.54) is 6.42 Å². The van der Waals surface area contributed by atoms with E-state index in [-0.39, 0.29) is 0 Å². The van der Waals surface area contributed by atoms with Crippen molar-refractivity contribution in [2.45, 2.75) is 24.9 Å². The lowest BCUT2D eigenvalue weighted by atomic mass is 9.98. The topological polar surface area (TPSA) is 18.5 Å². The Morgan fingerprint density at radius 3 is 2.52 bits per heavy atom. The summed E-state index contributed by atoms with van der Waals surface area (Å²) in [5.74, 6) is 0. The molecule has 0 spiro atoms. The Hall–Kier alpha value is -0.320. The van der Waals surface area contributed by atoms with Crippen molar-refractivity contribution in [3.05, 3.63) is 33.8 Å². The van der Waals surface area contributed by atoms with Crippen molar-refractivity contribution in [1.82, 2.24) is 15.1 Å². The molecule has 3 nitrogen and oxygen atoms in total. The van der Waals surface area contributed by atoms with Crippen molar-refractivity contribution in [1.29, 1.82) is 0 Å². The van der Waals surface area contributed by atoms with Crippen LogP contribution in [0.5, 0.6) is 0 Å². The van der Waals surface area contributed by atoms with Crippen LogP contribution in [-0.4, -0.2) is 62.7 Å². The minimum Gasteiger partial charge on any atom is -0.315 e. The van der Waals surface area contributed by atoms with Crippen LogP contribution in [-0.2, 0) is 6.42 Å². The largest absolute Gasteiger partial charge is 0.315 e. The van der Waals surface area contributed by atoms with Crippen LogP contribution in [0.25, 0.3) is 0 Å². The fourth-order valence-corrected chi connectivity index (χ4v) is 3.67. The van der Waals surface area contributed by atoms with E-state index in [0.717, 1.165) is 41.7 Å². The molecule has 0 amide bonds. The van der Waals surface area contributed by atoms with Gasteiger partial charge < -0.3 is 15.1 Å². The quantitative estimate of drug-likeness (QED) is 0.916. The van der Waals surface area contributed by atoms with Gasteiger partial charge in [0.2, 0.25) is 0 Å². The molecule has 0 bridgehead atoms. The monoisotopic (exact) mass is 329 g/mol. The van der Waals surface area contributed by atoms with E-state index < -0.39 is 0 Å². The van der Waals surface area contributed by atoms with Crippen molar-refractivity contribution >= 4 is 23.2 Å². The molecule has 1 fully saturated rings. The first-order chi connectivity index (χ1) is 10.0. The van der Waals surface area contributed by atoms with Crippen LogP contribution in [0.4, 0.5) is 0 Å². The first-order valence-corrected chi connectivity index (χ1v) is 8.27. The summed E-state index contributed by atoms with van der Waals surface area (Å²) in [6, 6.07) is 6.51. The number of benzene rings is 1. The molecule has 2 unspecified atom stereocenters. The number of halogens is 2. The normalized spacial score (nSPS) is 23.0. The fourth-order valence-electron chi connectivity index (χ4n) is 3.12. The first kappa shape index (κ1) is 17.0. The highest BCUT2D eigenvalue weighted by Gasteiger charge is 2.28. The molecule has 0 radical (unpaired) electrons. The van der Waals surface area contributed by atoms with Crippen molar-refractivity contribution in [3.8, 4) is 0 Å². The molecule has 1 aromatic carbocycles. The Morgan fingerprint density at radius 1 is 1.24 bits per heavy atom. The maximum atomic E-state index is 6.33. The Morgan fingerprint density at radius 2 is 1.90 bits per heavy atom. The molecule has 2 atom stereocenters. The van der Waals surface area contributed by atoms with Crippen molar-refractivity contribution < 1.29 is 0 Å². The molecule has 0 saturated carbocycles. The van der Waals surface area contributed by atoms with Crippen molar-refractivity contribution in [2.75, 3.05) is 40.8 Å². The van der Waals surface area contributed by atoms with Crippen LogP contribution in [0.1, 0.15) is 12.0 Å². The third-order valence-electron chi connectivity index (χ3n) is 4.44. The number of nitrogens with zero attached hydrogens (tertiary/aromatic N) is 2. The van der Waals surface area contributed by atoms with Crippen LogP contribution in [0, 0.1) is 0 Å². The highest BCUT2D eigenvalue weighted by atomic mass is 35.5. The summed E-state index contributed by atoms with van der Waals surface area (Å²) in [4.78, 5) is 4.86. The molecule has 21 heavy (non-hydrogen) atoms. The van der Waals surface area contributed by atoms with Gasteiger partial charge in [0.15, 0.2) is 0 Å². The molecule has 118 valence electrons. The Kier molecular flexibility index (Phi) is 6.33. The number of rotatable bonds is 4.